The number of carbonyl (C=O) groups is 3. The largest absolute Gasteiger partial charge is 0.382 e. The highest BCUT2D eigenvalue weighted by Gasteiger charge is 2.22. The predicted octanol–water partition coefficient (Wildman–Crippen LogP) is -0.430. The summed E-state index contributed by atoms with van der Waals surface area (Å²) in [4.78, 5) is 35.7. The zero-order valence-corrected chi connectivity index (χ0v) is 22.5. The average Bonchev–Trinajstić information content (AvgIpc) is 3.23. The molecule has 1 aliphatic heterocycles. The van der Waals surface area contributed by atoms with Crippen LogP contribution in [0.15, 0.2) is 12.2 Å². The molecule has 0 aromatic rings. The van der Waals surface area contributed by atoms with Gasteiger partial charge < -0.3 is 43.2 Å². The van der Waals surface area contributed by atoms with Crippen molar-refractivity contribution < 1.29 is 52.3 Å². The van der Waals surface area contributed by atoms with E-state index in [4.69, 9.17) is 37.9 Å². The Morgan fingerprint density at radius 1 is 0.632 bits per heavy atom. The van der Waals surface area contributed by atoms with Gasteiger partial charge in [0.15, 0.2) is 0 Å². The summed E-state index contributed by atoms with van der Waals surface area (Å²) < 4.78 is 42.6. The molecule has 220 valence electrons. The summed E-state index contributed by atoms with van der Waals surface area (Å²) in [6.45, 7) is 7.99. The van der Waals surface area contributed by atoms with Crippen molar-refractivity contribution in [2.45, 2.75) is 12.8 Å². The molecule has 0 aromatic heterocycles. The van der Waals surface area contributed by atoms with E-state index in [1.165, 1.54) is 12.2 Å². The molecule has 0 spiro atoms. The summed E-state index contributed by atoms with van der Waals surface area (Å²) >= 11 is 0. The van der Waals surface area contributed by atoms with Gasteiger partial charge in [-0.2, -0.15) is 0 Å². The van der Waals surface area contributed by atoms with E-state index in [0.717, 1.165) is 4.90 Å². The van der Waals surface area contributed by atoms with Crippen LogP contribution in [0.2, 0.25) is 0 Å². The van der Waals surface area contributed by atoms with Crippen LogP contribution in [0, 0.1) is 0 Å². The summed E-state index contributed by atoms with van der Waals surface area (Å²) in [5.41, 5.74) is 0. The lowest BCUT2D eigenvalue weighted by Crippen LogP contribution is -2.32. The minimum absolute atomic E-state index is 0.147. The molecule has 0 saturated carbocycles. The molecule has 38 heavy (non-hydrogen) atoms. The second kappa shape index (κ2) is 25.3. The average molecular weight is 549 g/mol. The van der Waals surface area contributed by atoms with E-state index in [0.29, 0.717) is 112 Å². The number of rotatable bonds is 28. The van der Waals surface area contributed by atoms with Crippen molar-refractivity contribution in [1.29, 1.82) is 0 Å². The summed E-state index contributed by atoms with van der Waals surface area (Å²) in [6.07, 6.45) is 3.12. The van der Waals surface area contributed by atoms with Crippen molar-refractivity contribution in [3.63, 3.8) is 0 Å². The molecule has 1 heterocycles. The molecule has 0 atom stereocenters. The van der Waals surface area contributed by atoms with Crippen molar-refractivity contribution in [2.75, 3.05) is 119 Å². The van der Waals surface area contributed by atoms with Crippen molar-refractivity contribution >= 4 is 17.7 Å². The summed E-state index contributed by atoms with van der Waals surface area (Å²) in [7, 11) is 1.64. The van der Waals surface area contributed by atoms with E-state index >= 15 is 0 Å². The van der Waals surface area contributed by atoms with Crippen LogP contribution in [-0.4, -0.2) is 142 Å². The first-order valence-corrected chi connectivity index (χ1v) is 13.0. The Balaban J connectivity index is 1.69. The Hall–Kier alpha value is -1.97. The molecular formula is C25H44N2O11. The first kappa shape index (κ1) is 34.1. The maximum Gasteiger partial charge on any atom is 0.253 e. The van der Waals surface area contributed by atoms with Gasteiger partial charge in [0, 0.05) is 38.8 Å². The minimum Gasteiger partial charge on any atom is -0.382 e. The fraction of sp³-hybridized carbons (Fsp3) is 0.800. The van der Waals surface area contributed by atoms with Crippen LogP contribution in [0.3, 0.4) is 0 Å². The second-order valence-corrected chi connectivity index (χ2v) is 7.89. The zero-order valence-electron chi connectivity index (χ0n) is 22.5. The Morgan fingerprint density at radius 2 is 1.00 bits per heavy atom. The maximum absolute atomic E-state index is 11.8. The van der Waals surface area contributed by atoms with Crippen LogP contribution in [-0.2, 0) is 52.3 Å². The predicted molar refractivity (Wildman–Crippen MR) is 136 cm³/mol. The number of nitrogens with one attached hydrogen (secondary N) is 1. The number of ether oxygens (including phenoxy) is 8. The van der Waals surface area contributed by atoms with Gasteiger partial charge in [0.05, 0.1) is 99.1 Å². The molecule has 0 unspecified atom stereocenters. The van der Waals surface area contributed by atoms with Gasteiger partial charge in [-0.1, -0.05) is 0 Å². The highest BCUT2D eigenvalue weighted by atomic mass is 16.6. The molecule has 0 radical (unpaired) electrons. The quantitative estimate of drug-likeness (QED) is 0.101. The molecule has 1 rings (SSSR count). The van der Waals surface area contributed by atoms with E-state index in [1.54, 1.807) is 7.11 Å². The van der Waals surface area contributed by atoms with Crippen LogP contribution < -0.4 is 5.32 Å². The smallest absolute Gasteiger partial charge is 0.253 e. The van der Waals surface area contributed by atoms with Gasteiger partial charge in [-0.25, -0.2) is 0 Å². The van der Waals surface area contributed by atoms with Gasteiger partial charge in [0.2, 0.25) is 5.91 Å². The summed E-state index contributed by atoms with van der Waals surface area (Å²) in [6, 6.07) is 0. The number of imide groups is 1. The zero-order chi connectivity index (χ0) is 27.5. The lowest BCUT2D eigenvalue weighted by Gasteiger charge is -2.13. The van der Waals surface area contributed by atoms with Crippen LogP contribution in [0.1, 0.15) is 12.8 Å². The highest BCUT2D eigenvalue weighted by molar-refractivity contribution is 6.12. The molecule has 1 N–H and O–H groups in total. The van der Waals surface area contributed by atoms with Crippen LogP contribution in [0.5, 0.6) is 0 Å². The minimum atomic E-state index is -0.335. The Bertz CT molecular complexity index is 631. The second-order valence-electron chi connectivity index (χ2n) is 7.89. The molecule has 0 saturated heterocycles. The van der Waals surface area contributed by atoms with E-state index in [1.807, 2.05) is 0 Å². The number of carbonyl (C=O) groups excluding carboxylic acids is 3. The van der Waals surface area contributed by atoms with Crippen molar-refractivity contribution in [3.8, 4) is 0 Å². The van der Waals surface area contributed by atoms with Gasteiger partial charge in [-0.3, -0.25) is 19.3 Å². The number of hydrogen-bond acceptors (Lipinski definition) is 11. The van der Waals surface area contributed by atoms with Gasteiger partial charge in [0.25, 0.3) is 11.8 Å². The molecular weight excluding hydrogens is 504 g/mol. The fourth-order valence-electron chi connectivity index (χ4n) is 2.96. The van der Waals surface area contributed by atoms with Crippen LogP contribution in [0.4, 0.5) is 0 Å². The third-order valence-corrected chi connectivity index (χ3v) is 4.92. The molecule has 0 aromatic carbocycles. The highest BCUT2D eigenvalue weighted by Crippen LogP contribution is 2.05. The summed E-state index contributed by atoms with van der Waals surface area (Å²) in [5.74, 6) is -0.816. The van der Waals surface area contributed by atoms with E-state index in [-0.39, 0.29) is 30.7 Å². The van der Waals surface area contributed by atoms with E-state index < -0.39 is 0 Å². The monoisotopic (exact) mass is 548 g/mol. The lowest BCUT2D eigenvalue weighted by molar-refractivity contribution is -0.137. The van der Waals surface area contributed by atoms with Gasteiger partial charge in [-0.15, -0.1) is 0 Å². The SMILES string of the molecule is COCCOCCOCCOCCOCCOCCOCCOCCNC(=O)CCCN1C(=O)C=CC1=O. The van der Waals surface area contributed by atoms with Gasteiger partial charge >= 0.3 is 0 Å². The standard InChI is InChI=1S/C25H44N2O11/c1-31-9-10-33-13-14-35-17-18-37-21-22-38-20-19-36-16-15-34-12-11-32-8-6-26-23(28)3-2-7-27-24(29)4-5-25(27)30/h4-5H,2-3,6-22H2,1H3,(H,26,28). The fourth-order valence-corrected chi connectivity index (χ4v) is 2.96. The first-order chi connectivity index (χ1) is 18.6. The van der Waals surface area contributed by atoms with E-state index in [9.17, 15) is 14.4 Å². The maximum atomic E-state index is 11.8. The number of nitrogens with zero attached hydrogens (tertiary/aromatic N) is 1. The van der Waals surface area contributed by atoms with Crippen LogP contribution >= 0.6 is 0 Å². The molecule has 1 aliphatic rings. The Morgan fingerprint density at radius 3 is 1.39 bits per heavy atom. The third-order valence-electron chi connectivity index (χ3n) is 4.92. The molecule has 13 heteroatoms. The topological polar surface area (TPSA) is 140 Å². The van der Waals surface area contributed by atoms with Gasteiger partial charge in [0.1, 0.15) is 0 Å². The van der Waals surface area contributed by atoms with Crippen molar-refractivity contribution in [2.24, 2.45) is 0 Å². The van der Waals surface area contributed by atoms with Gasteiger partial charge in [-0.05, 0) is 6.42 Å². The molecule has 0 bridgehead atoms. The Labute approximate surface area is 225 Å². The lowest BCUT2D eigenvalue weighted by atomic mass is 10.3. The third kappa shape index (κ3) is 20.1. The molecule has 13 nitrogen and oxygen atoms in total. The molecule has 3 amide bonds. The first-order valence-electron chi connectivity index (χ1n) is 13.0. The summed E-state index contributed by atoms with van der Waals surface area (Å²) in [5, 5.41) is 2.73. The molecule has 0 fully saturated rings. The van der Waals surface area contributed by atoms with Crippen LogP contribution in [0.25, 0.3) is 0 Å². The van der Waals surface area contributed by atoms with Crippen molar-refractivity contribution in [3.05, 3.63) is 12.2 Å². The molecule has 0 aliphatic carbocycles. The van der Waals surface area contributed by atoms with Crippen molar-refractivity contribution in [1.82, 2.24) is 10.2 Å². The Kier molecular flexibility index (Phi) is 22.7. The normalized spacial score (nSPS) is 13.1. The number of amides is 3. The number of hydrogen-bond donors (Lipinski definition) is 1. The number of methoxy groups -OCH3 is 1. The van der Waals surface area contributed by atoms with E-state index in [2.05, 4.69) is 5.32 Å².